The summed E-state index contributed by atoms with van der Waals surface area (Å²) in [6.45, 7) is 10.9. The van der Waals surface area contributed by atoms with E-state index in [1.165, 1.54) is 0 Å². The monoisotopic (exact) mass is 345 g/mol. The molecule has 1 aliphatic rings. The van der Waals surface area contributed by atoms with Crippen molar-refractivity contribution in [3.8, 4) is 0 Å². The first-order chi connectivity index (χ1) is 12.0. The topological polar surface area (TPSA) is 61.4 Å². The number of unbranched alkanes of at least 4 members (excludes halogenated alkanes) is 1. The van der Waals surface area contributed by atoms with Crippen LogP contribution < -0.4 is 15.5 Å². The molecule has 1 saturated carbocycles. The largest absolute Gasteiger partial charge is 0.372 e. The van der Waals surface area contributed by atoms with Gasteiger partial charge in [-0.05, 0) is 63.8 Å². The van der Waals surface area contributed by atoms with Crippen LogP contribution in [-0.2, 0) is 9.59 Å². The first kappa shape index (κ1) is 19.3. The van der Waals surface area contributed by atoms with Gasteiger partial charge < -0.3 is 15.5 Å². The smallest absolute Gasteiger partial charge is 0.240 e. The molecule has 2 amide bonds. The van der Waals surface area contributed by atoms with Crippen LogP contribution in [0.25, 0.3) is 0 Å². The van der Waals surface area contributed by atoms with E-state index >= 15 is 0 Å². The van der Waals surface area contributed by atoms with Gasteiger partial charge in [0, 0.05) is 31.0 Å². The number of carbonyl (C=O) groups excluding carboxylic acids is 2. The van der Waals surface area contributed by atoms with Gasteiger partial charge in [0.05, 0.1) is 0 Å². The van der Waals surface area contributed by atoms with Crippen LogP contribution in [0.15, 0.2) is 18.2 Å². The van der Waals surface area contributed by atoms with E-state index in [1.807, 2.05) is 19.1 Å². The minimum Gasteiger partial charge on any atom is -0.372 e. The zero-order chi connectivity index (χ0) is 18.4. The van der Waals surface area contributed by atoms with Crippen LogP contribution in [0, 0.1) is 12.3 Å². The number of nitrogens with one attached hydrogen (secondary N) is 2. The molecule has 5 nitrogen and oxygen atoms in total. The lowest BCUT2D eigenvalue weighted by Crippen LogP contribution is -2.40. The van der Waals surface area contributed by atoms with Crippen LogP contribution in [0.5, 0.6) is 0 Å². The highest BCUT2D eigenvalue weighted by Gasteiger charge is 2.56. The first-order valence-electron chi connectivity index (χ1n) is 9.43. The SMILES string of the molecule is CCCCNC(=O)C1(C(=O)Nc2ccc(N(CC)CC)cc2C)CC1. The molecule has 25 heavy (non-hydrogen) atoms. The molecular formula is C20H31N3O2. The van der Waals surface area contributed by atoms with E-state index in [4.69, 9.17) is 0 Å². The molecule has 0 bridgehead atoms. The Hall–Kier alpha value is -2.04. The number of amides is 2. The van der Waals surface area contributed by atoms with E-state index in [1.54, 1.807) is 0 Å². The summed E-state index contributed by atoms with van der Waals surface area (Å²) in [6, 6.07) is 6.05. The summed E-state index contributed by atoms with van der Waals surface area (Å²) in [5.41, 5.74) is 2.09. The summed E-state index contributed by atoms with van der Waals surface area (Å²) in [5, 5.41) is 5.87. The molecule has 5 heteroatoms. The number of aryl methyl sites for hydroxylation is 1. The van der Waals surface area contributed by atoms with Gasteiger partial charge in [0.1, 0.15) is 5.41 Å². The molecule has 0 heterocycles. The van der Waals surface area contributed by atoms with Crippen LogP contribution in [0.3, 0.4) is 0 Å². The second-order valence-corrected chi connectivity index (χ2v) is 6.82. The lowest BCUT2D eigenvalue weighted by atomic mass is 10.0. The Morgan fingerprint density at radius 1 is 1.12 bits per heavy atom. The molecule has 1 fully saturated rings. The summed E-state index contributed by atoms with van der Waals surface area (Å²) >= 11 is 0. The maximum atomic E-state index is 12.7. The molecular weight excluding hydrogens is 314 g/mol. The van der Waals surface area contributed by atoms with Gasteiger partial charge in [-0.3, -0.25) is 9.59 Å². The fraction of sp³-hybridized carbons (Fsp3) is 0.600. The highest BCUT2D eigenvalue weighted by Crippen LogP contribution is 2.47. The van der Waals surface area contributed by atoms with E-state index in [0.717, 1.165) is 42.9 Å². The van der Waals surface area contributed by atoms with Gasteiger partial charge in [0.25, 0.3) is 0 Å². The Bertz CT molecular complexity index is 619. The highest BCUT2D eigenvalue weighted by molar-refractivity contribution is 6.13. The van der Waals surface area contributed by atoms with Crippen molar-refractivity contribution in [1.82, 2.24) is 5.32 Å². The van der Waals surface area contributed by atoms with Crippen molar-refractivity contribution < 1.29 is 9.59 Å². The maximum Gasteiger partial charge on any atom is 0.240 e. The molecule has 138 valence electrons. The van der Waals surface area contributed by atoms with Gasteiger partial charge in [0.15, 0.2) is 0 Å². The Labute approximate surface area is 151 Å². The van der Waals surface area contributed by atoms with Crippen LogP contribution in [-0.4, -0.2) is 31.4 Å². The minimum absolute atomic E-state index is 0.129. The molecule has 1 aromatic rings. The first-order valence-corrected chi connectivity index (χ1v) is 9.43. The van der Waals surface area contributed by atoms with Crippen molar-refractivity contribution in [1.29, 1.82) is 0 Å². The van der Waals surface area contributed by atoms with E-state index < -0.39 is 5.41 Å². The average Bonchev–Trinajstić information content (AvgIpc) is 3.40. The predicted octanol–water partition coefficient (Wildman–Crippen LogP) is 3.48. The average molecular weight is 345 g/mol. The van der Waals surface area contributed by atoms with Crippen LogP contribution in [0.2, 0.25) is 0 Å². The Morgan fingerprint density at radius 3 is 2.32 bits per heavy atom. The van der Waals surface area contributed by atoms with Crippen molar-refractivity contribution >= 4 is 23.2 Å². The Balaban J connectivity index is 2.04. The summed E-state index contributed by atoms with van der Waals surface area (Å²) in [7, 11) is 0. The van der Waals surface area contributed by atoms with Gasteiger partial charge >= 0.3 is 0 Å². The van der Waals surface area contributed by atoms with E-state index in [9.17, 15) is 9.59 Å². The number of nitrogens with zero attached hydrogens (tertiary/aromatic N) is 1. The Kier molecular flexibility index (Phi) is 6.45. The van der Waals surface area contributed by atoms with Crippen LogP contribution in [0.1, 0.15) is 52.0 Å². The molecule has 0 atom stereocenters. The van der Waals surface area contributed by atoms with Crippen molar-refractivity contribution in [2.45, 2.75) is 53.4 Å². The third-order valence-corrected chi connectivity index (χ3v) is 5.02. The number of carbonyl (C=O) groups is 2. The molecule has 1 aliphatic carbocycles. The third kappa shape index (κ3) is 4.33. The van der Waals surface area contributed by atoms with E-state index in [2.05, 4.69) is 42.4 Å². The second-order valence-electron chi connectivity index (χ2n) is 6.82. The zero-order valence-electron chi connectivity index (χ0n) is 15.9. The number of rotatable bonds is 9. The fourth-order valence-electron chi connectivity index (χ4n) is 3.05. The van der Waals surface area contributed by atoms with Gasteiger partial charge in [-0.15, -0.1) is 0 Å². The summed E-state index contributed by atoms with van der Waals surface area (Å²) in [6.07, 6.45) is 3.23. The highest BCUT2D eigenvalue weighted by atomic mass is 16.2. The fourth-order valence-corrected chi connectivity index (χ4v) is 3.05. The molecule has 0 unspecified atom stereocenters. The van der Waals surface area contributed by atoms with Gasteiger partial charge in [-0.1, -0.05) is 13.3 Å². The van der Waals surface area contributed by atoms with Gasteiger partial charge in [-0.2, -0.15) is 0 Å². The molecule has 1 aromatic carbocycles. The molecule has 0 spiro atoms. The third-order valence-electron chi connectivity index (χ3n) is 5.02. The lowest BCUT2D eigenvalue weighted by Gasteiger charge is -2.22. The normalized spacial score (nSPS) is 14.7. The quantitative estimate of drug-likeness (QED) is 0.532. The lowest BCUT2D eigenvalue weighted by molar-refractivity contribution is -0.134. The molecule has 2 rings (SSSR count). The van der Waals surface area contributed by atoms with Crippen molar-refractivity contribution in [3.05, 3.63) is 23.8 Å². The molecule has 0 aromatic heterocycles. The minimum atomic E-state index is -0.863. The maximum absolute atomic E-state index is 12.7. The molecule has 0 saturated heterocycles. The van der Waals surface area contributed by atoms with Gasteiger partial charge in [0.2, 0.25) is 11.8 Å². The number of benzene rings is 1. The molecule has 0 radical (unpaired) electrons. The summed E-state index contributed by atoms with van der Waals surface area (Å²) in [5.74, 6) is -0.309. The van der Waals surface area contributed by atoms with E-state index in [-0.39, 0.29) is 11.8 Å². The molecule has 2 N–H and O–H groups in total. The van der Waals surface area contributed by atoms with Crippen molar-refractivity contribution in [3.63, 3.8) is 0 Å². The van der Waals surface area contributed by atoms with Crippen molar-refractivity contribution in [2.24, 2.45) is 5.41 Å². The standard InChI is InChI=1S/C20H31N3O2/c1-5-8-13-21-18(24)20(11-12-20)19(25)22-17-10-9-16(14-15(17)4)23(6-2)7-3/h9-10,14H,5-8,11-13H2,1-4H3,(H,21,24)(H,22,25). The van der Waals surface area contributed by atoms with Crippen LogP contribution in [0.4, 0.5) is 11.4 Å². The van der Waals surface area contributed by atoms with Crippen LogP contribution >= 0.6 is 0 Å². The predicted molar refractivity (Wildman–Crippen MR) is 103 cm³/mol. The number of anilines is 2. The molecule has 0 aliphatic heterocycles. The number of hydrogen-bond donors (Lipinski definition) is 2. The van der Waals surface area contributed by atoms with Gasteiger partial charge in [-0.25, -0.2) is 0 Å². The number of hydrogen-bond acceptors (Lipinski definition) is 3. The Morgan fingerprint density at radius 2 is 1.80 bits per heavy atom. The van der Waals surface area contributed by atoms with E-state index in [0.29, 0.717) is 19.4 Å². The zero-order valence-corrected chi connectivity index (χ0v) is 15.9. The summed E-state index contributed by atoms with van der Waals surface area (Å²) < 4.78 is 0. The van der Waals surface area contributed by atoms with Crippen molar-refractivity contribution in [2.75, 3.05) is 29.9 Å². The second kappa shape index (κ2) is 8.37. The summed E-state index contributed by atoms with van der Waals surface area (Å²) in [4.78, 5) is 27.3.